The maximum absolute atomic E-state index is 12.9. The summed E-state index contributed by atoms with van der Waals surface area (Å²) < 4.78 is 37.6. The molecule has 0 heterocycles. The molecule has 0 saturated carbocycles. The number of carbonyl (C=O) groups is 3. The van der Waals surface area contributed by atoms with Crippen LogP contribution >= 0.6 is 0 Å². The van der Waals surface area contributed by atoms with E-state index in [0.717, 1.165) is 25.7 Å². The summed E-state index contributed by atoms with van der Waals surface area (Å²) in [7, 11) is 0. The number of terminal acetylenes is 1. The van der Waals surface area contributed by atoms with Gasteiger partial charge in [-0.3, -0.25) is 4.79 Å². The van der Waals surface area contributed by atoms with Gasteiger partial charge in [0.15, 0.2) is 0 Å². The van der Waals surface area contributed by atoms with Crippen LogP contribution in [0, 0.1) is 12.3 Å². The number of hydrogen-bond acceptors (Lipinski definition) is 10. The molecule has 0 aliphatic rings. The highest BCUT2D eigenvalue weighted by atomic mass is 16.6. The van der Waals surface area contributed by atoms with E-state index in [1.54, 1.807) is 25.7 Å². The Bertz CT molecular complexity index is 821. The molecule has 45 heavy (non-hydrogen) atoms. The fourth-order valence-corrected chi connectivity index (χ4v) is 3.57. The number of rotatable bonds is 26. The normalized spacial score (nSPS) is 11.5. The fraction of sp³-hybridized carbons (Fsp3) is 0.844. The van der Waals surface area contributed by atoms with Crippen LogP contribution < -0.4 is 10.6 Å². The van der Waals surface area contributed by atoms with Crippen molar-refractivity contribution in [2.45, 2.75) is 84.8 Å². The quantitative estimate of drug-likeness (QED) is 0.106. The molecule has 0 bridgehead atoms. The summed E-state index contributed by atoms with van der Waals surface area (Å²) in [6.07, 6.45) is 7.92. The molecule has 0 aliphatic carbocycles. The first kappa shape index (κ1) is 42.4. The molecule has 0 atom stereocenters. The van der Waals surface area contributed by atoms with E-state index in [9.17, 15) is 14.4 Å². The van der Waals surface area contributed by atoms with Gasteiger partial charge in [-0.15, -0.1) is 6.42 Å². The Morgan fingerprint density at radius 2 is 1.09 bits per heavy atom. The zero-order valence-electron chi connectivity index (χ0n) is 28.5. The van der Waals surface area contributed by atoms with Crippen LogP contribution in [0.5, 0.6) is 0 Å². The van der Waals surface area contributed by atoms with E-state index in [2.05, 4.69) is 16.6 Å². The lowest BCUT2D eigenvalue weighted by Gasteiger charge is -2.23. The van der Waals surface area contributed by atoms with Gasteiger partial charge in [-0.1, -0.05) is 18.8 Å². The van der Waals surface area contributed by atoms with Gasteiger partial charge in [0.05, 0.1) is 65.9 Å². The third-order valence-corrected chi connectivity index (χ3v) is 5.56. The minimum atomic E-state index is -0.565. The van der Waals surface area contributed by atoms with Crippen LogP contribution in [0.2, 0.25) is 0 Å². The number of alkyl carbamates (subject to hydrolysis) is 2. The minimum absolute atomic E-state index is 0.0153. The van der Waals surface area contributed by atoms with Crippen molar-refractivity contribution < 1.29 is 47.5 Å². The van der Waals surface area contributed by atoms with Crippen molar-refractivity contribution in [2.75, 3.05) is 92.2 Å². The minimum Gasteiger partial charge on any atom is -0.444 e. The fourth-order valence-electron chi connectivity index (χ4n) is 3.57. The highest BCUT2D eigenvalue weighted by Gasteiger charge is 2.17. The molecule has 0 unspecified atom stereocenters. The Morgan fingerprint density at radius 3 is 1.64 bits per heavy atom. The van der Waals surface area contributed by atoms with Crippen molar-refractivity contribution in [2.24, 2.45) is 0 Å². The average Bonchev–Trinajstić information content (AvgIpc) is 2.93. The molecular weight excluding hydrogens is 586 g/mol. The third-order valence-electron chi connectivity index (χ3n) is 5.56. The lowest BCUT2D eigenvalue weighted by molar-refractivity contribution is -0.133. The van der Waals surface area contributed by atoms with Crippen LogP contribution in [0.3, 0.4) is 0 Å². The Labute approximate surface area is 270 Å². The molecule has 0 spiro atoms. The van der Waals surface area contributed by atoms with E-state index in [1.165, 1.54) is 0 Å². The molecule has 13 heteroatoms. The van der Waals surface area contributed by atoms with Crippen LogP contribution in [0.15, 0.2) is 0 Å². The third kappa shape index (κ3) is 31.2. The molecule has 0 aromatic carbocycles. The van der Waals surface area contributed by atoms with E-state index < -0.39 is 23.4 Å². The summed E-state index contributed by atoms with van der Waals surface area (Å²) in [6.45, 7) is 16.5. The maximum atomic E-state index is 12.9. The van der Waals surface area contributed by atoms with Gasteiger partial charge in [-0.25, -0.2) is 9.59 Å². The molecular formula is C32H59N3O10. The van der Waals surface area contributed by atoms with Crippen molar-refractivity contribution in [3.63, 3.8) is 0 Å². The van der Waals surface area contributed by atoms with Gasteiger partial charge in [-0.05, 0) is 54.4 Å². The lowest BCUT2D eigenvalue weighted by Crippen LogP contribution is -2.37. The molecule has 0 fully saturated rings. The monoisotopic (exact) mass is 645 g/mol. The van der Waals surface area contributed by atoms with E-state index in [4.69, 9.17) is 39.6 Å². The molecule has 2 N–H and O–H groups in total. The first-order valence-corrected chi connectivity index (χ1v) is 15.9. The molecule has 0 saturated heterocycles. The summed E-state index contributed by atoms with van der Waals surface area (Å²) in [4.78, 5) is 38.2. The van der Waals surface area contributed by atoms with Gasteiger partial charge in [0, 0.05) is 26.2 Å². The van der Waals surface area contributed by atoms with Gasteiger partial charge in [0.25, 0.3) is 0 Å². The SMILES string of the molecule is C#CCOCCOCCOCCOCCC(=O)N(CCCCCCNC(=O)OC(C)(C)C)CCOCCNC(=O)OC(C)(C)C. The van der Waals surface area contributed by atoms with Crippen molar-refractivity contribution in [3.8, 4) is 12.3 Å². The highest BCUT2D eigenvalue weighted by molar-refractivity contribution is 5.76. The van der Waals surface area contributed by atoms with E-state index in [0.29, 0.717) is 85.6 Å². The Hall–Kier alpha value is -2.63. The second-order valence-electron chi connectivity index (χ2n) is 12.1. The molecule has 13 nitrogen and oxygen atoms in total. The number of hydrogen-bond donors (Lipinski definition) is 2. The van der Waals surface area contributed by atoms with Crippen molar-refractivity contribution in [3.05, 3.63) is 0 Å². The summed E-state index contributed by atoms with van der Waals surface area (Å²) in [5, 5.41) is 5.41. The first-order valence-electron chi connectivity index (χ1n) is 15.9. The van der Waals surface area contributed by atoms with E-state index >= 15 is 0 Å². The summed E-state index contributed by atoms with van der Waals surface area (Å²) in [5.74, 6) is 2.37. The summed E-state index contributed by atoms with van der Waals surface area (Å²) in [6, 6.07) is 0. The molecule has 262 valence electrons. The summed E-state index contributed by atoms with van der Waals surface area (Å²) in [5.41, 5.74) is -1.09. The number of unbranched alkanes of at least 4 members (excludes halogenated alkanes) is 3. The average molecular weight is 646 g/mol. The van der Waals surface area contributed by atoms with Crippen molar-refractivity contribution in [1.29, 1.82) is 0 Å². The highest BCUT2D eigenvalue weighted by Crippen LogP contribution is 2.08. The molecule has 0 rings (SSSR count). The smallest absolute Gasteiger partial charge is 0.407 e. The van der Waals surface area contributed by atoms with Crippen LogP contribution in [0.25, 0.3) is 0 Å². The second kappa shape index (κ2) is 26.6. The lowest BCUT2D eigenvalue weighted by atomic mass is 10.2. The van der Waals surface area contributed by atoms with Gasteiger partial charge < -0.3 is 48.7 Å². The molecule has 0 aliphatic heterocycles. The predicted molar refractivity (Wildman–Crippen MR) is 171 cm³/mol. The number of nitrogens with zero attached hydrogens (tertiary/aromatic N) is 1. The molecule has 0 aromatic heterocycles. The van der Waals surface area contributed by atoms with Gasteiger partial charge in [0.1, 0.15) is 17.8 Å². The van der Waals surface area contributed by atoms with Gasteiger partial charge >= 0.3 is 12.2 Å². The Balaban J connectivity index is 4.29. The predicted octanol–water partition coefficient (Wildman–Crippen LogP) is 3.53. The van der Waals surface area contributed by atoms with Crippen molar-refractivity contribution in [1.82, 2.24) is 15.5 Å². The standard InChI is InChI=1S/C32H59N3O10/c1-8-18-39-22-24-42-26-27-43-25-23-40-19-13-28(36)35(17-21-41-20-15-34-30(38)45-32(5,6)7)16-12-10-9-11-14-33-29(37)44-31(2,3)4/h1H,9-27H2,2-7H3,(H,33,37)(H,34,38). The molecule has 3 amide bonds. The molecule has 0 radical (unpaired) electrons. The summed E-state index contributed by atoms with van der Waals surface area (Å²) >= 11 is 0. The van der Waals surface area contributed by atoms with E-state index in [-0.39, 0.29) is 18.9 Å². The first-order chi connectivity index (χ1) is 21.3. The largest absolute Gasteiger partial charge is 0.444 e. The Morgan fingerprint density at radius 1 is 0.600 bits per heavy atom. The topological polar surface area (TPSA) is 143 Å². The number of amides is 3. The molecule has 0 aromatic rings. The number of ether oxygens (including phenoxy) is 7. The zero-order chi connectivity index (χ0) is 33.8. The number of nitrogens with one attached hydrogen (secondary N) is 2. The second-order valence-corrected chi connectivity index (χ2v) is 12.1. The van der Waals surface area contributed by atoms with Crippen LogP contribution in [0.1, 0.15) is 73.6 Å². The van der Waals surface area contributed by atoms with E-state index in [1.807, 2.05) is 20.8 Å². The number of carbonyl (C=O) groups excluding carboxylic acids is 3. The van der Waals surface area contributed by atoms with Crippen molar-refractivity contribution >= 4 is 18.1 Å². The van der Waals surface area contributed by atoms with Gasteiger partial charge in [0.2, 0.25) is 5.91 Å². The van der Waals surface area contributed by atoms with Crippen LogP contribution in [-0.4, -0.2) is 126 Å². The van der Waals surface area contributed by atoms with Crippen LogP contribution in [0.4, 0.5) is 9.59 Å². The zero-order valence-corrected chi connectivity index (χ0v) is 28.5. The van der Waals surface area contributed by atoms with Crippen LogP contribution in [-0.2, 0) is 38.0 Å². The van der Waals surface area contributed by atoms with Gasteiger partial charge in [-0.2, -0.15) is 0 Å². The maximum Gasteiger partial charge on any atom is 0.407 e. The Kier molecular flexibility index (Phi) is 25.0.